The summed E-state index contributed by atoms with van der Waals surface area (Å²) in [5.74, 6) is 0.347. The Morgan fingerprint density at radius 3 is 1.80 bits per heavy atom. The molecule has 0 atom stereocenters. The molecular weight excluding hydrogens is 98.5 g/mol. The van der Waals surface area contributed by atoms with E-state index in [2.05, 4.69) is 0 Å². The van der Waals surface area contributed by atoms with E-state index in [1.54, 1.807) is 0 Å². The molecule has 28 valence electrons. The van der Waals surface area contributed by atoms with Crippen LogP contribution in [0.3, 0.4) is 0 Å². The van der Waals surface area contributed by atoms with Gasteiger partial charge in [-0.3, -0.25) is 0 Å². The molecule has 0 saturated carbocycles. The second-order valence-corrected chi connectivity index (χ2v) is 0.791. The van der Waals surface area contributed by atoms with E-state index in [0.717, 1.165) is 0 Å². The summed E-state index contributed by atoms with van der Waals surface area (Å²) in [7, 11) is 0. The van der Waals surface area contributed by atoms with Gasteiger partial charge in [-0.25, -0.2) is 0 Å². The van der Waals surface area contributed by atoms with Gasteiger partial charge in [0.1, 0.15) is 0 Å². The number of hydrogen-bond acceptors (Lipinski definition) is 1. The Morgan fingerprint density at radius 2 is 1.80 bits per heavy atom. The van der Waals surface area contributed by atoms with Crippen molar-refractivity contribution in [3.05, 3.63) is 0 Å². The topological polar surface area (TPSA) is 20.2 Å². The fourth-order valence-corrected chi connectivity index (χ4v) is 0. The van der Waals surface area contributed by atoms with Crippen LogP contribution >= 0.6 is 11.6 Å². The first kappa shape index (κ1) is 9.54. The van der Waals surface area contributed by atoms with E-state index < -0.39 is 0 Å². The van der Waals surface area contributed by atoms with E-state index in [-0.39, 0.29) is 36.2 Å². The molecule has 0 aromatic heterocycles. The molecule has 1 nitrogen and oxygen atoms in total. The Labute approximate surface area is 58.6 Å². The van der Waals surface area contributed by atoms with E-state index in [1.807, 2.05) is 0 Å². The van der Waals surface area contributed by atoms with Crippen LogP contribution in [-0.2, 0) is 0 Å². The summed E-state index contributed by atoms with van der Waals surface area (Å²) in [5, 5.41) is 7.74. The summed E-state index contributed by atoms with van der Waals surface area (Å²) < 4.78 is 0. The van der Waals surface area contributed by atoms with Crippen molar-refractivity contribution >= 4 is 41.2 Å². The van der Waals surface area contributed by atoms with Gasteiger partial charge in [0, 0.05) is 5.88 Å². The molecule has 3 heteroatoms. The fraction of sp³-hybridized carbons (Fsp3) is 1.00. The zero-order chi connectivity index (χ0) is 3.41. The third-order valence-corrected chi connectivity index (χ3v) is 0.254. The number of aliphatic hydroxyl groups excluding tert-OH is 1. The average molecular weight is 105 g/mol. The monoisotopic (exact) mass is 104 g/mol. The standard InChI is InChI=1S/C2H5ClO.Na.H/c3-1-2-4;;/h4H,1-2H2;;. The summed E-state index contributed by atoms with van der Waals surface area (Å²) in [6, 6.07) is 0. The molecule has 0 aliphatic heterocycles. The molecule has 0 fully saturated rings. The van der Waals surface area contributed by atoms with Gasteiger partial charge in [0.25, 0.3) is 0 Å². The van der Waals surface area contributed by atoms with Crippen molar-refractivity contribution in [3.8, 4) is 0 Å². The Balaban J connectivity index is 0. The molecule has 0 radical (unpaired) electrons. The predicted molar refractivity (Wildman–Crippen MR) is 25.0 cm³/mol. The first-order valence-electron chi connectivity index (χ1n) is 1.08. The van der Waals surface area contributed by atoms with E-state index in [0.29, 0.717) is 5.88 Å². The van der Waals surface area contributed by atoms with Crippen molar-refractivity contribution in [1.29, 1.82) is 0 Å². The number of hydrogen-bond donors (Lipinski definition) is 1. The van der Waals surface area contributed by atoms with Gasteiger partial charge in [-0.15, -0.1) is 11.6 Å². The average Bonchev–Trinajstić information content (AvgIpc) is 1.37. The molecular formula is C2H6ClNaO. The molecule has 0 aliphatic carbocycles. The van der Waals surface area contributed by atoms with Crippen LogP contribution < -0.4 is 0 Å². The molecule has 1 N–H and O–H groups in total. The third-order valence-electron chi connectivity index (χ3n) is 0.0845. The summed E-state index contributed by atoms with van der Waals surface area (Å²) in [5.41, 5.74) is 0. The van der Waals surface area contributed by atoms with Gasteiger partial charge < -0.3 is 5.11 Å². The first-order valence-corrected chi connectivity index (χ1v) is 1.62. The van der Waals surface area contributed by atoms with Crippen LogP contribution in [0.4, 0.5) is 0 Å². The van der Waals surface area contributed by atoms with Crippen molar-refractivity contribution in [1.82, 2.24) is 0 Å². The number of rotatable bonds is 1. The van der Waals surface area contributed by atoms with Crippen molar-refractivity contribution in [2.75, 3.05) is 12.5 Å². The summed E-state index contributed by atoms with van der Waals surface area (Å²) in [6.45, 7) is 0.0849. The Morgan fingerprint density at radius 1 is 1.60 bits per heavy atom. The number of halogens is 1. The minimum absolute atomic E-state index is 0. The van der Waals surface area contributed by atoms with E-state index in [9.17, 15) is 0 Å². The van der Waals surface area contributed by atoms with Crippen molar-refractivity contribution < 1.29 is 5.11 Å². The van der Waals surface area contributed by atoms with E-state index >= 15 is 0 Å². The van der Waals surface area contributed by atoms with Crippen LogP contribution in [0.25, 0.3) is 0 Å². The molecule has 0 aliphatic rings. The quantitative estimate of drug-likeness (QED) is 0.354. The fourth-order valence-electron chi connectivity index (χ4n) is 0. The minimum atomic E-state index is 0. The summed E-state index contributed by atoms with van der Waals surface area (Å²) in [6.07, 6.45) is 0. The molecule has 0 aromatic carbocycles. The Bertz CT molecular complexity index is 11.6. The van der Waals surface area contributed by atoms with Gasteiger partial charge in [0.05, 0.1) is 6.61 Å². The molecule has 5 heavy (non-hydrogen) atoms. The molecule has 0 unspecified atom stereocenters. The van der Waals surface area contributed by atoms with Crippen LogP contribution in [0.5, 0.6) is 0 Å². The van der Waals surface area contributed by atoms with Crippen molar-refractivity contribution in [2.45, 2.75) is 0 Å². The zero-order valence-electron chi connectivity index (χ0n) is 2.24. The first-order chi connectivity index (χ1) is 1.91. The van der Waals surface area contributed by atoms with Crippen molar-refractivity contribution in [3.63, 3.8) is 0 Å². The number of alkyl halides is 1. The van der Waals surface area contributed by atoms with Crippen molar-refractivity contribution in [2.24, 2.45) is 0 Å². The molecule has 0 rings (SSSR count). The van der Waals surface area contributed by atoms with Crippen LogP contribution in [0, 0.1) is 0 Å². The van der Waals surface area contributed by atoms with Crippen LogP contribution in [0.2, 0.25) is 0 Å². The van der Waals surface area contributed by atoms with E-state index in [1.165, 1.54) is 0 Å². The maximum atomic E-state index is 7.74. The van der Waals surface area contributed by atoms with Crippen LogP contribution in [0.15, 0.2) is 0 Å². The second kappa shape index (κ2) is 8.98. The van der Waals surface area contributed by atoms with E-state index in [4.69, 9.17) is 16.7 Å². The van der Waals surface area contributed by atoms with Gasteiger partial charge in [-0.2, -0.15) is 0 Å². The second-order valence-electron chi connectivity index (χ2n) is 0.413. The summed E-state index contributed by atoms with van der Waals surface area (Å²) in [4.78, 5) is 0. The van der Waals surface area contributed by atoms with Crippen LogP contribution in [-0.4, -0.2) is 47.2 Å². The Kier molecular flexibility index (Phi) is 17.1. The molecule has 0 aromatic rings. The normalized spacial score (nSPS) is 6.00. The molecule has 0 spiro atoms. The maximum absolute atomic E-state index is 7.74. The zero-order valence-corrected chi connectivity index (χ0v) is 3.00. The van der Waals surface area contributed by atoms with Gasteiger partial charge in [0.15, 0.2) is 0 Å². The predicted octanol–water partition coefficient (Wildman–Crippen LogP) is -0.431. The van der Waals surface area contributed by atoms with Gasteiger partial charge in [0.2, 0.25) is 0 Å². The summed E-state index contributed by atoms with van der Waals surface area (Å²) >= 11 is 4.94. The third kappa shape index (κ3) is 11.0. The Hall–Kier alpha value is 1.25. The SMILES string of the molecule is OCCCl.[NaH]. The molecule has 0 saturated heterocycles. The number of aliphatic hydroxyl groups is 1. The van der Waals surface area contributed by atoms with Gasteiger partial charge in [-0.05, 0) is 0 Å². The molecule has 0 heterocycles. The van der Waals surface area contributed by atoms with Crippen LogP contribution in [0.1, 0.15) is 0 Å². The van der Waals surface area contributed by atoms with Gasteiger partial charge >= 0.3 is 29.6 Å². The molecule has 0 bridgehead atoms. The van der Waals surface area contributed by atoms with Gasteiger partial charge in [-0.1, -0.05) is 0 Å². The molecule has 0 amide bonds.